The molecule has 0 saturated carbocycles. The van der Waals surface area contributed by atoms with E-state index in [9.17, 15) is 19.7 Å². The van der Waals surface area contributed by atoms with E-state index in [1.807, 2.05) is 0 Å². The number of carbonyl (C=O) groups excluding carboxylic acids is 2. The van der Waals surface area contributed by atoms with Crippen LogP contribution in [0, 0.1) is 10.1 Å². The van der Waals surface area contributed by atoms with Gasteiger partial charge < -0.3 is 15.4 Å². The lowest BCUT2D eigenvalue weighted by Crippen LogP contribution is -2.19. The summed E-state index contributed by atoms with van der Waals surface area (Å²) in [5, 5.41) is 24.1. The fraction of sp³-hybridized carbons (Fsp3) is 0.176. The largest absolute Gasteiger partial charge is 0.475 e. The van der Waals surface area contributed by atoms with Crippen molar-refractivity contribution in [3.05, 3.63) is 58.5 Å². The lowest BCUT2D eigenvalue weighted by atomic mass is 10.2. The Morgan fingerprint density at radius 2 is 1.79 bits per heavy atom. The van der Waals surface area contributed by atoms with Gasteiger partial charge in [-0.25, -0.2) is 0 Å². The average Bonchev–Trinajstić information content (AvgIpc) is 3.29. The van der Waals surface area contributed by atoms with Crippen molar-refractivity contribution >= 4 is 28.9 Å². The molecule has 3 rings (SSSR count). The van der Waals surface area contributed by atoms with Gasteiger partial charge >= 0.3 is 11.6 Å². The van der Waals surface area contributed by atoms with E-state index in [0.29, 0.717) is 11.4 Å². The Balaban J connectivity index is 1.58. The Labute approximate surface area is 164 Å². The monoisotopic (exact) mass is 399 g/mol. The van der Waals surface area contributed by atoms with Gasteiger partial charge in [0.2, 0.25) is 5.91 Å². The topological polar surface area (TPSA) is 146 Å². The number of aryl methyl sites for hydroxylation is 1. The second-order valence-electron chi connectivity index (χ2n) is 5.93. The molecule has 0 aliphatic carbocycles. The molecule has 0 unspecified atom stereocenters. The number of methoxy groups -OCH3 is 1. The average molecular weight is 399 g/mol. The van der Waals surface area contributed by atoms with Crippen molar-refractivity contribution in [2.45, 2.75) is 6.54 Å². The van der Waals surface area contributed by atoms with Gasteiger partial charge in [0.15, 0.2) is 5.69 Å². The molecule has 0 bridgehead atoms. The van der Waals surface area contributed by atoms with Gasteiger partial charge in [0.05, 0.1) is 12.0 Å². The molecule has 0 fully saturated rings. The van der Waals surface area contributed by atoms with Gasteiger partial charge in [-0.2, -0.15) is 5.10 Å². The molecule has 0 spiro atoms. The molecule has 150 valence electrons. The Bertz CT molecular complexity index is 1050. The fourth-order valence-electron chi connectivity index (χ4n) is 2.46. The zero-order valence-corrected chi connectivity index (χ0v) is 15.5. The summed E-state index contributed by atoms with van der Waals surface area (Å²) in [4.78, 5) is 34.5. The molecule has 0 radical (unpaired) electrons. The molecule has 12 heteroatoms. The number of nitrogens with one attached hydrogen (secondary N) is 2. The van der Waals surface area contributed by atoms with Gasteiger partial charge in [0, 0.05) is 24.6 Å². The van der Waals surface area contributed by atoms with Crippen molar-refractivity contribution in [3.8, 4) is 5.88 Å². The van der Waals surface area contributed by atoms with Crippen molar-refractivity contribution < 1.29 is 19.2 Å². The highest BCUT2D eigenvalue weighted by Gasteiger charge is 2.21. The molecular weight excluding hydrogens is 382 g/mol. The van der Waals surface area contributed by atoms with Crippen LogP contribution in [0.5, 0.6) is 5.88 Å². The van der Waals surface area contributed by atoms with Gasteiger partial charge in [-0.3, -0.25) is 29.1 Å². The number of carbonyl (C=O) groups is 2. The van der Waals surface area contributed by atoms with Crippen molar-refractivity contribution in [2.75, 3.05) is 17.7 Å². The maximum absolute atomic E-state index is 12.1. The standard InChI is InChI=1S/C17H17N7O5/c1-22-8-7-13(20-22)16(26)19-12-5-3-11(4-6-12)18-15(25)10-23-9-14(24(27)28)17(21-23)29-2/h3-9H,10H2,1-2H3,(H,18,25)(H,19,26). The maximum Gasteiger partial charge on any atom is 0.350 e. The Hall–Kier alpha value is -4.22. The molecule has 12 nitrogen and oxygen atoms in total. The first kappa shape index (κ1) is 19.5. The molecule has 0 aliphatic rings. The third-order valence-corrected chi connectivity index (χ3v) is 3.78. The van der Waals surface area contributed by atoms with E-state index in [0.717, 1.165) is 10.9 Å². The Kier molecular flexibility index (Phi) is 5.53. The number of hydrogen-bond acceptors (Lipinski definition) is 7. The summed E-state index contributed by atoms with van der Waals surface area (Å²) in [7, 11) is 2.97. The molecule has 0 saturated heterocycles. The van der Waals surface area contributed by atoms with Crippen molar-refractivity contribution in [2.24, 2.45) is 7.05 Å². The van der Waals surface area contributed by atoms with Crippen LogP contribution in [0.15, 0.2) is 42.7 Å². The van der Waals surface area contributed by atoms with E-state index in [1.54, 1.807) is 43.6 Å². The highest BCUT2D eigenvalue weighted by atomic mass is 16.6. The number of anilines is 2. The third kappa shape index (κ3) is 4.74. The summed E-state index contributed by atoms with van der Waals surface area (Å²) in [5.41, 5.74) is 0.979. The zero-order valence-electron chi connectivity index (χ0n) is 15.5. The number of rotatable bonds is 7. The predicted octanol–water partition coefficient (Wildman–Crippen LogP) is 1.42. The van der Waals surface area contributed by atoms with Gasteiger partial charge in [-0.05, 0) is 30.3 Å². The summed E-state index contributed by atoms with van der Waals surface area (Å²) in [6.07, 6.45) is 2.78. The predicted molar refractivity (Wildman–Crippen MR) is 102 cm³/mol. The first-order chi connectivity index (χ1) is 13.9. The number of nitro groups is 1. The van der Waals surface area contributed by atoms with E-state index in [-0.39, 0.29) is 29.7 Å². The van der Waals surface area contributed by atoms with Crippen LogP contribution in [-0.2, 0) is 18.4 Å². The van der Waals surface area contributed by atoms with Crippen LogP contribution in [0.25, 0.3) is 0 Å². The van der Waals surface area contributed by atoms with Gasteiger partial charge in [0.1, 0.15) is 12.7 Å². The van der Waals surface area contributed by atoms with E-state index >= 15 is 0 Å². The van der Waals surface area contributed by atoms with Crippen molar-refractivity contribution in [1.82, 2.24) is 19.6 Å². The first-order valence-electron chi connectivity index (χ1n) is 8.32. The molecule has 2 amide bonds. The number of ether oxygens (including phenoxy) is 1. The second kappa shape index (κ2) is 8.21. The third-order valence-electron chi connectivity index (χ3n) is 3.78. The van der Waals surface area contributed by atoms with Crippen LogP contribution in [0.1, 0.15) is 10.5 Å². The molecule has 2 heterocycles. The Morgan fingerprint density at radius 3 is 2.31 bits per heavy atom. The minimum absolute atomic E-state index is 0.171. The first-order valence-corrected chi connectivity index (χ1v) is 8.32. The summed E-state index contributed by atoms with van der Waals surface area (Å²) in [5.74, 6) is -0.956. The van der Waals surface area contributed by atoms with Crippen LogP contribution < -0.4 is 15.4 Å². The van der Waals surface area contributed by atoms with Crippen LogP contribution >= 0.6 is 0 Å². The minimum atomic E-state index is -0.641. The maximum atomic E-state index is 12.1. The van der Waals surface area contributed by atoms with E-state index in [4.69, 9.17) is 4.74 Å². The van der Waals surface area contributed by atoms with Crippen LogP contribution in [0.4, 0.5) is 17.1 Å². The SMILES string of the molecule is COc1nn(CC(=O)Nc2ccc(NC(=O)c3ccn(C)n3)cc2)cc1[N+](=O)[O-]. The summed E-state index contributed by atoms with van der Waals surface area (Å²) < 4.78 is 7.46. The number of nitrogens with zero attached hydrogens (tertiary/aromatic N) is 5. The number of benzene rings is 1. The van der Waals surface area contributed by atoms with Crippen molar-refractivity contribution in [3.63, 3.8) is 0 Å². The van der Waals surface area contributed by atoms with Gasteiger partial charge in [-0.1, -0.05) is 0 Å². The molecular formula is C17H17N7O5. The minimum Gasteiger partial charge on any atom is -0.475 e. The zero-order chi connectivity index (χ0) is 21.0. The summed E-state index contributed by atoms with van der Waals surface area (Å²) in [6, 6.07) is 8.06. The molecule has 0 aliphatic heterocycles. The second-order valence-corrected chi connectivity index (χ2v) is 5.93. The summed E-state index contributed by atoms with van der Waals surface area (Å²) >= 11 is 0. The van der Waals surface area contributed by atoms with E-state index < -0.39 is 10.8 Å². The number of amides is 2. The lowest BCUT2D eigenvalue weighted by molar-refractivity contribution is -0.385. The molecule has 2 N–H and O–H groups in total. The summed E-state index contributed by atoms with van der Waals surface area (Å²) in [6.45, 7) is -0.234. The van der Waals surface area contributed by atoms with Gasteiger partial charge in [-0.15, -0.1) is 5.10 Å². The molecule has 1 aromatic carbocycles. The fourth-order valence-corrected chi connectivity index (χ4v) is 2.46. The number of aromatic nitrogens is 4. The lowest BCUT2D eigenvalue weighted by Gasteiger charge is -2.07. The van der Waals surface area contributed by atoms with Gasteiger partial charge in [0.25, 0.3) is 5.91 Å². The van der Waals surface area contributed by atoms with Crippen molar-refractivity contribution in [1.29, 1.82) is 0 Å². The highest BCUT2D eigenvalue weighted by molar-refractivity contribution is 6.03. The van der Waals surface area contributed by atoms with Crippen LogP contribution in [0.3, 0.4) is 0 Å². The molecule has 29 heavy (non-hydrogen) atoms. The van der Waals surface area contributed by atoms with Crippen LogP contribution in [-0.4, -0.2) is 43.4 Å². The molecule has 3 aromatic rings. The molecule has 2 aromatic heterocycles. The normalized spacial score (nSPS) is 10.4. The quantitative estimate of drug-likeness (QED) is 0.451. The number of hydrogen-bond donors (Lipinski definition) is 2. The molecule has 0 atom stereocenters. The highest BCUT2D eigenvalue weighted by Crippen LogP contribution is 2.24. The van der Waals surface area contributed by atoms with E-state index in [2.05, 4.69) is 20.8 Å². The Morgan fingerprint density at radius 1 is 1.14 bits per heavy atom. The smallest absolute Gasteiger partial charge is 0.350 e. The van der Waals surface area contributed by atoms with E-state index in [1.165, 1.54) is 11.8 Å². The van der Waals surface area contributed by atoms with Crippen LogP contribution in [0.2, 0.25) is 0 Å².